The van der Waals surface area contributed by atoms with Crippen LogP contribution in [0.2, 0.25) is 0 Å². The van der Waals surface area contributed by atoms with E-state index >= 15 is 0 Å². The average Bonchev–Trinajstić information content (AvgIpc) is 2.61. The number of alkyl carbamates (subject to hydrolysis) is 1. The van der Waals surface area contributed by atoms with Crippen LogP contribution in [0.1, 0.15) is 26.3 Å². The van der Waals surface area contributed by atoms with Gasteiger partial charge in [0.1, 0.15) is 0 Å². The van der Waals surface area contributed by atoms with Gasteiger partial charge in [0.05, 0.1) is 33.0 Å². The molecular formula is C18H27NO7. The van der Waals surface area contributed by atoms with Crippen molar-refractivity contribution >= 4 is 12.1 Å². The second-order valence-corrected chi connectivity index (χ2v) is 5.29. The Bertz CT molecular complexity index is 591. The van der Waals surface area contributed by atoms with E-state index in [0.29, 0.717) is 18.1 Å². The Morgan fingerprint density at radius 1 is 1.08 bits per heavy atom. The van der Waals surface area contributed by atoms with Crippen LogP contribution in [0.15, 0.2) is 18.2 Å². The Balaban J connectivity index is 3.01. The predicted molar refractivity (Wildman–Crippen MR) is 94.5 cm³/mol. The van der Waals surface area contributed by atoms with Gasteiger partial charge in [-0.1, -0.05) is 6.07 Å². The zero-order chi connectivity index (χ0) is 19.5. The SMILES string of the molecule is CCOC(=O)NC(Cc1ccc(OC)c(OCC)c1)C(O)C(=O)OCC. The molecule has 1 amide bonds. The number of aliphatic hydroxyl groups is 1. The second-order valence-electron chi connectivity index (χ2n) is 5.29. The van der Waals surface area contributed by atoms with Gasteiger partial charge in [-0.3, -0.25) is 0 Å². The quantitative estimate of drug-likeness (QED) is 0.605. The van der Waals surface area contributed by atoms with Crippen LogP contribution in [0, 0.1) is 0 Å². The Morgan fingerprint density at radius 3 is 2.35 bits per heavy atom. The van der Waals surface area contributed by atoms with E-state index in [2.05, 4.69) is 5.32 Å². The Kier molecular flexibility index (Phi) is 9.29. The minimum atomic E-state index is -1.53. The number of carbonyl (C=O) groups is 2. The molecule has 146 valence electrons. The first kappa shape index (κ1) is 21.6. The third-order valence-electron chi connectivity index (χ3n) is 3.47. The van der Waals surface area contributed by atoms with E-state index in [1.165, 1.54) is 7.11 Å². The second kappa shape index (κ2) is 11.2. The summed E-state index contributed by atoms with van der Waals surface area (Å²) in [7, 11) is 1.53. The summed E-state index contributed by atoms with van der Waals surface area (Å²) >= 11 is 0. The molecule has 8 nitrogen and oxygen atoms in total. The summed E-state index contributed by atoms with van der Waals surface area (Å²) in [6, 6.07) is 4.30. The Morgan fingerprint density at radius 2 is 1.77 bits per heavy atom. The topological polar surface area (TPSA) is 103 Å². The van der Waals surface area contributed by atoms with Crippen molar-refractivity contribution in [1.82, 2.24) is 5.32 Å². The fourth-order valence-corrected chi connectivity index (χ4v) is 2.33. The van der Waals surface area contributed by atoms with Crippen LogP contribution in [-0.4, -0.2) is 56.2 Å². The van der Waals surface area contributed by atoms with Gasteiger partial charge in [-0.15, -0.1) is 0 Å². The number of hydrogen-bond acceptors (Lipinski definition) is 7. The third kappa shape index (κ3) is 6.44. The van der Waals surface area contributed by atoms with Crippen LogP contribution < -0.4 is 14.8 Å². The van der Waals surface area contributed by atoms with Crippen LogP contribution in [-0.2, 0) is 20.7 Å². The number of aliphatic hydroxyl groups excluding tert-OH is 1. The van der Waals surface area contributed by atoms with Crippen LogP contribution in [0.3, 0.4) is 0 Å². The lowest BCUT2D eigenvalue weighted by molar-refractivity contribution is -0.154. The molecule has 0 bridgehead atoms. The van der Waals surface area contributed by atoms with Gasteiger partial charge in [0.2, 0.25) is 0 Å². The van der Waals surface area contributed by atoms with Gasteiger partial charge in [0.15, 0.2) is 17.6 Å². The fourth-order valence-electron chi connectivity index (χ4n) is 2.33. The van der Waals surface area contributed by atoms with Crippen molar-refractivity contribution in [3.05, 3.63) is 23.8 Å². The minimum Gasteiger partial charge on any atom is -0.493 e. The lowest BCUT2D eigenvalue weighted by atomic mass is 10.0. The summed E-state index contributed by atoms with van der Waals surface area (Å²) in [5, 5.41) is 12.8. The van der Waals surface area contributed by atoms with Crippen molar-refractivity contribution < 1.29 is 33.6 Å². The third-order valence-corrected chi connectivity index (χ3v) is 3.47. The van der Waals surface area contributed by atoms with E-state index in [1.54, 1.807) is 32.0 Å². The van der Waals surface area contributed by atoms with E-state index < -0.39 is 24.2 Å². The number of esters is 1. The number of rotatable bonds is 10. The summed E-state index contributed by atoms with van der Waals surface area (Å²) in [4.78, 5) is 23.6. The number of amides is 1. The lowest BCUT2D eigenvalue weighted by Gasteiger charge is -2.23. The molecule has 26 heavy (non-hydrogen) atoms. The standard InChI is InChI=1S/C18H27NO7/c1-5-24-15-11-12(8-9-14(15)23-4)10-13(19-18(22)26-7-3)16(20)17(21)25-6-2/h8-9,11,13,16,20H,5-7,10H2,1-4H3,(H,19,22). The minimum absolute atomic E-state index is 0.124. The van der Waals surface area contributed by atoms with Crippen molar-refractivity contribution in [1.29, 1.82) is 0 Å². The highest BCUT2D eigenvalue weighted by atomic mass is 16.6. The number of ether oxygens (including phenoxy) is 4. The predicted octanol–water partition coefficient (Wildman–Crippen LogP) is 1.68. The highest BCUT2D eigenvalue weighted by Crippen LogP contribution is 2.28. The highest BCUT2D eigenvalue weighted by molar-refractivity contribution is 5.77. The molecule has 0 aliphatic rings. The summed E-state index contributed by atoms with van der Waals surface area (Å²) in [5.74, 6) is 0.289. The summed E-state index contributed by atoms with van der Waals surface area (Å²) in [6.07, 6.45) is -2.08. The maximum atomic E-state index is 11.9. The summed E-state index contributed by atoms with van der Waals surface area (Å²) < 4.78 is 20.4. The van der Waals surface area contributed by atoms with Crippen molar-refractivity contribution in [2.24, 2.45) is 0 Å². The van der Waals surface area contributed by atoms with Gasteiger partial charge >= 0.3 is 12.1 Å². The van der Waals surface area contributed by atoms with Crippen LogP contribution in [0.5, 0.6) is 11.5 Å². The molecule has 1 aromatic carbocycles. The number of methoxy groups -OCH3 is 1. The molecule has 2 unspecified atom stereocenters. The first-order valence-corrected chi connectivity index (χ1v) is 8.54. The smallest absolute Gasteiger partial charge is 0.407 e. The molecule has 0 heterocycles. The molecule has 8 heteroatoms. The van der Waals surface area contributed by atoms with Gasteiger partial charge in [-0.2, -0.15) is 0 Å². The van der Waals surface area contributed by atoms with Crippen LogP contribution in [0.25, 0.3) is 0 Å². The summed E-state index contributed by atoms with van der Waals surface area (Å²) in [6.45, 7) is 5.89. The van der Waals surface area contributed by atoms with E-state index in [4.69, 9.17) is 18.9 Å². The molecule has 0 fully saturated rings. The van der Waals surface area contributed by atoms with Crippen LogP contribution in [0.4, 0.5) is 4.79 Å². The van der Waals surface area contributed by atoms with Crippen molar-refractivity contribution in [2.75, 3.05) is 26.9 Å². The molecule has 0 radical (unpaired) electrons. The lowest BCUT2D eigenvalue weighted by Crippen LogP contribution is -2.49. The highest BCUT2D eigenvalue weighted by Gasteiger charge is 2.29. The van der Waals surface area contributed by atoms with Crippen LogP contribution >= 0.6 is 0 Å². The van der Waals surface area contributed by atoms with E-state index in [1.807, 2.05) is 6.92 Å². The van der Waals surface area contributed by atoms with E-state index in [-0.39, 0.29) is 19.6 Å². The Hall–Kier alpha value is -2.48. The zero-order valence-corrected chi connectivity index (χ0v) is 15.6. The number of carbonyl (C=O) groups excluding carboxylic acids is 2. The molecule has 0 saturated heterocycles. The fraction of sp³-hybridized carbons (Fsp3) is 0.556. The maximum absolute atomic E-state index is 11.9. The number of hydrogen-bond donors (Lipinski definition) is 2. The number of nitrogens with one attached hydrogen (secondary N) is 1. The molecule has 2 N–H and O–H groups in total. The van der Waals surface area contributed by atoms with Gasteiger partial charge < -0.3 is 29.4 Å². The maximum Gasteiger partial charge on any atom is 0.407 e. The normalized spacial score (nSPS) is 12.7. The average molecular weight is 369 g/mol. The van der Waals surface area contributed by atoms with Gasteiger partial charge in [0.25, 0.3) is 0 Å². The molecular weight excluding hydrogens is 342 g/mol. The monoisotopic (exact) mass is 369 g/mol. The first-order chi connectivity index (χ1) is 12.5. The zero-order valence-electron chi connectivity index (χ0n) is 15.6. The van der Waals surface area contributed by atoms with E-state index in [0.717, 1.165) is 5.56 Å². The van der Waals surface area contributed by atoms with Crippen molar-refractivity contribution in [2.45, 2.75) is 39.3 Å². The molecule has 1 aromatic rings. The molecule has 0 aliphatic heterocycles. The number of benzene rings is 1. The van der Waals surface area contributed by atoms with Crippen molar-refractivity contribution in [3.63, 3.8) is 0 Å². The molecule has 0 saturated carbocycles. The van der Waals surface area contributed by atoms with E-state index in [9.17, 15) is 14.7 Å². The molecule has 0 spiro atoms. The van der Waals surface area contributed by atoms with Gasteiger partial charge in [0, 0.05) is 0 Å². The Labute approximate surface area is 153 Å². The van der Waals surface area contributed by atoms with Gasteiger partial charge in [-0.05, 0) is 44.9 Å². The summed E-state index contributed by atoms with van der Waals surface area (Å²) in [5.41, 5.74) is 0.736. The largest absolute Gasteiger partial charge is 0.493 e. The first-order valence-electron chi connectivity index (χ1n) is 8.54. The van der Waals surface area contributed by atoms with Gasteiger partial charge in [-0.25, -0.2) is 9.59 Å². The van der Waals surface area contributed by atoms with Crippen molar-refractivity contribution in [3.8, 4) is 11.5 Å². The molecule has 0 aromatic heterocycles. The molecule has 0 aliphatic carbocycles. The molecule has 2 atom stereocenters. The molecule has 1 rings (SSSR count).